The maximum Gasteiger partial charge on any atom is 0.228 e. The van der Waals surface area contributed by atoms with Gasteiger partial charge in [0.05, 0.1) is 5.92 Å². The van der Waals surface area contributed by atoms with Crippen LogP contribution in [-0.4, -0.2) is 38.2 Å². The van der Waals surface area contributed by atoms with Gasteiger partial charge in [-0.15, -0.1) is 0 Å². The summed E-state index contributed by atoms with van der Waals surface area (Å²) in [6.45, 7) is 3.53. The quantitative estimate of drug-likeness (QED) is 0.796. The van der Waals surface area contributed by atoms with Gasteiger partial charge >= 0.3 is 0 Å². The zero-order valence-corrected chi connectivity index (χ0v) is 12.7. The largest absolute Gasteiger partial charge is 0.439 e. The van der Waals surface area contributed by atoms with Gasteiger partial charge in [-0.1, -0.05) is 18.2 Å². The van der Waals surface area contributed by atoms with Crippen molar-refractivity contribution in [3.05, 3.63) is 54.2 Å². The van der Waals surface area contributed by atoms with Gasteiger partial charge in [0, 0.05) is 25.4 Å². The Balaban J connectivity index is 1.43. The minimum Gasteiger partial charge on any atom is -0.439 e. The van der Waals surface area contributed by atoms with Crippen molar-refractivity contribution in [2.45, 2.75) is 12.8 Å². The number of rotatable bonds is 4. The van der Waals surface area contributed by atoms with Crippen LogP contribution in [0.2, 0.25) is 0 Å². The van der Waals surface area contributed by atoms with Crippen molar-refractivity contribution in [2.75, 3.05) is 18.0 Å². The van der Waals surface area contributed by atoms with Crippen LogP contribution in [0.4, 0.5) is 5.95 Å². The standard InChI is InChI=1S/C16H16N6O/c1-11-18-15(21-20-11)12-9-22(10-12)16-17-8-7-14(19-16)23-13-5-3-2-4-6-13/h2-8,12H,9-10H2,1H3,(H,18,20,21). The van der Waals surface area contributed by atoms with E-state index < -0.39 is 0 Å². The first kappa shape index (κ1) is 13.7. The summed E-state index contributed by atoms with van der Waals surface area (Å²) < 4.78 is 5.75. The van der Waals surface area contributed by atoms with E-state index in [-0.39, 0.29) is 0 Å². The molecule has 1 saturated heterocycles. The third-order valence-corrected chi connectivity index (χ3v) is 3.73. The van der Waals surface area contributed by atoms with Crippen molar-refractivity contribution in [1.82, 2.24) is 25.1 Å². The highest BCUT2D eigenvalue weighted by Gasteiger charge is 2.32. The lowest BCUT2D eigenvalue weighted by molar-refractivity contribution is 0.452. The third-order valence-electron chi connectivity index (χ3n) is 3.73. The van der Waals surface area contributed by atoms with Crippen LogP contribution in [0.1, 0.15) is 17.6 Å². The molecule has 1 aliphatic rings. The molecule has 1 aromatic carbocycles. The van der Waals surface area contributed by atoms with Crippen molar-refractivity contribution in [3.63, 3.8) is 0 Å². The smallest absolute Gasteiger partial charge is 0.228 e. The summed E-state index contributed by atoms with van der Waals surface area (Å²) in [5.41, 5.74) is 0. The molecule has 3 heterocycles. The highest BCUT2D eigenvalue weighted by Crippen LogP contribution is 2.29. The molecule has 0 radical (unpaired) electrons. The second-order valence-corrected chi connectivity index (χ2v) is 5.49. The van der Waals surface area contributed by atoms with Gasteiger partial charge < -0.3 is 9.64 Å². The lowest BCUT2D eigenvalue weighted by Crippen LogP contribution is -2.46. The maximum absolute atomic E-state index is 5.75. The maximum atomic E-state index is 5.75. The average Bonchev–Trinajstić information content (AvgIpc) is 2.93. The van der Waals surface area contributed by atoms with Crippen LogP contribution in [0, 0.1) is 6.92 Å². The predicted molar refractivity (Wildman–Crippen MR) is 84.6 cm³/mol. The SMILES string of the molecule is Cc1nc(C2CN(c3nccc(Oc4ccccc4)n3)C2)n[nH]1. The molecule has 1 fully saturated rings. The fourth-order valence-electron chi connectivity index (χ4n) is 2.50. The van der Waals surface area contributed by atoms with Gasteiger partial charge in [-0.05, 0) is 19.1 Å². The molecule has 23 heavy (non-hydrogen) atoms. The Hall–Kier alpha value is -2.96. The van der Waals surface area contributed by atoms with Crippen molar-refractivity contribution < 1.29 is 4.74 Å². The molecule has 0 aliphatic carbocycles. The molecule has 0 spiro atoms. The van der Waals surface area contributed by atoms with E-state index in [1.54, 1.807) is 12.3 Å². The van der Waals surface area contributed by atoms with Gasteiger partial charge in [-0.25, -0.2) is 9.97 Å². The number of anilines is 1. The normalized spacial score (nSPS) is 14.6. The summed E-state index contributed by atoms with van der Waals surface area (Å²) in [5.74, 6) is 3.99. The number of aromatic amines is 1. The van der Waals surface area contributed by atoms with Crippen molar-refractivity contribution >= 4 is 5.95 Å². The molecular weight excluding hydrogens is 292 g/mol. The lowest BCUT2D eigenvalue weighted by Gasteiger charge is -2.37. The molecule has 3 aromatic rings. The summed E-state index contributed by atoms with van der Waals surface area (Å²) in [4.78, 5) is 15.3. The highest BCUT2D eigenvalue weighted by atomic mass is 16.5. The molecule has 0 saturated carbocycles. The fraction of sp³-hybridized carbons (Fsp3) is 0.250. The number of hydrogen-bond donors (Lipinski definition) is 1. The highest BCUT2D eigenvalue weighted by molar-refractivity contribution is 5.39. The number of H-pyrrole nitrogens is 1. The van der Waals surface area contributed by atoms with E-state index in [9.17, 15) is 0 Å². The van der Waals surface area contributed by atoms with Crippen molar-refractivity contribution in [3.8, 4) is 11.6 Å². The molecule has 0 bridgehead atoms. The fourth-order valence-corrected chi connectivity index (χ4v) is 2.50. The van der Waals surface area contributed by atoms with Gasteiger partial charge in [0.25, 0.3) is 0 Å². The van der Waals surface area contributed by atoms with Gasteiger partial charge in [0.15, 0.2) is 5.82 Å². The molecule has 0 atom stereocenters. The molecule has 116 valence electrons. The third kappa shape index (κ3) is 2.85. The van der Waals surface area contributed by atoms with E-state index in [1.807, 2.05) is 37.3 Å². The second kappa shape index (κ2) is 5.68. The Morgan fingerprint density at radius 2 is 1.96 bits per heavy atom. The van der Waals surface area contributed by atoms with Gasteiger partial charge in [0.2, 0.25) is 11.8 Å². The molecule has 7 nitrogen and oxygen atoms in total. The predicted octanol–water partition coefficient (Wildman–Crippen LogP) is 2.30. The molecule has 7 heteroatoms. The van der Waals surface area contributed by atoms with Crippen LogP contribution in [-0.2, 0) is 0 Å². The molecule has 1 aliphatic heterocycles. The summed E-state index contributed by atoms with van der Waals surface area (Å²) in [5, 5.41) is 7.09. The van der Waals surface area contributed by atoms with Crippen LogP contribution in [0.5, 0.6) is 11.6 Å². The number of hydrogen-bond acceptors (Lipinski definition) is 6. The summed E-state index contributed by atoms with van der Waals surface area (Å²) in [6, 6.07) is 11.3. The zero-order valence-electron chi connectivity index (χ0n) is 12.7. The van der Waals surface area contributed by atoms with E-state index in [4.69, 9.17) is 4.74 Å². The first-order valence-corrected chi connectivity index (χ1v) is 7.48. The first-order chi connectivity index (χ1) is 11.3. The number of ether oxygens (including phenoxy) is 1. The number of nitrogens with one attached hydrogen (secondary N) is 1. The van der Waals surface area contributed by atoms with E-state index in [2.05, 4.69) is 30.0 Å². The van der Waals surface area contributed by atoms with Crippen LogP contribution >= 0.6 is 0 Å². The van der Waals surface area contributed by atoms with Crippen LogP contribution in [0.25, 0.3) is 0 Å². The topological polar surface area (TPSA) is 79.8 Å². The number of aromatic nitrogens is 5. The van der Waals surface area contributed by atoms with Crippen molar-refractivity contribution in [2.24, 2.45) is 0 Å². The Morgan fingerprint density at radius 1 is 1.13 bits per heavy atom. The summed E-state index contributed by atoms with van der Waals surface area (Å²) in [7, 11) is 0. The minimum atomic E-state index is 0.322. The van der Waals surface area contributed by atoms with Gasteiger partial charge in [-0.3, -0.25) is 5.10 Å². The number of nitrogens with zero attached hydrogens (tertiary/aromatic N) is 5. The Labute approximate surface area is 133 Å². The summed E-state index contributed by atoms with van der Waals surface area (Å²) in [6.07, 6.45) is 1.71. The van der Waals surface area contributed by atoms with Gasteiger partial charge in [0.1, 0.15) is 11.6 Å². The van der Waals surface area contributed by atoms with E-state index >= 15 is 0 Å². The Kier molecular flexibility index (Phi) is 3.38. The van der Waals surface area contributed by atoms with Crippen LogP contribution < -0.4 is 9.64 Å². The van der Waals surface area contributed by atoms with E-state index in [0.717, 1.165) is 30.5 Å². The number of benzene rings is 1. The Morgan fingerprint density at radius 3 is 2.70 bits per heavy atom. The van der Waals surface area contributed by atoms with Crippen molar-refractivity contribution in [1.29, 1.82) is 0 Å². The van der Waals surface area contributed by atoms with Gasteiger partial charge in [-0.2, -0.15) is 10.1 Å². The molecular formula is C16H16N6O. The monoisotopic (exact) mass is 308 g/mol. The molecule has 1 N–H and O–H groups in total. The zero-order chi connectivity index (χ0) is 15.6. The average molecular weight is 308 g/mol. The van der Waals surface area contributed by atoms with E-state index in [0.29, 0.717) is 17.7 Å². The van der Waals surface area contributed by atoms with E-state index in [1.165, 1.54) is 0 Å². The second-order valence-electron chi connectivity index (χ2n) is 5.49. The molecule has 0 unspecified atom stereocenters. The van der Waals surface area contributed by atoms with Crippen LogP contribution in [0.3, 0.4) is 0 Å². The number of para-hydroxylation sites is 1. The molecule has 0 amide bonds. The molecule has 2 aromatic heterocycles. The molecule has 4 rings (SSSR count). The first-order valence-electron chi connectivity index (χ1n) is 7.48. The van der Waals surface area contributed by atoms with Crippen LogP contribution in [0.15, 0.2) is 42.6 Å². The minimum absolute atomic E-state index is 0.322. The summed E-state index contributed by atoms with van der Waals surface area (Å²) >= 11 is 0. The Bertz CT molecular complexity index is 797. The number of aryl methyl sites for hydroxylation is 1. The lowest BCUT2D eigenvalue weighted by atomic mass is 10.0.